The Morgan fingerprint density at radius 3 is 2.45 bits per heavy atom. The average Bonchev–Trinajstić information content (AvgIpc) is 2.55. The lowest BCUT2D eigenvalue weighted by atomic mass is 10.0. The number of pyridine rings is 1. The Morgan fingerprint density at radius 1 is 1.23 bits per heavy atom. The van der Waals surface area contributed by atoms with E-state index in [0.29, 0.717) is 10.6 Å². The van der Waals surface area contributed by atoms with Crippen LogP contribution in [-0.2, 0) is 6.42 Å². The van der Waals surface area contributed by atoms with Crippen molar-refractivity contribution < 1.29 is 0 Å². The standard InChI is InChI=1S/C19H20ClNO/c1-4-10-14-13-15(5-2)21(16-11-8-7-9-12-16)19(22)18(14)17(20)6-3/h4,6-13H,5H2,1-3H3/b10-4-,17-6+. The van der Waals surface area contributed by atoms with Crippen molar-refractivity contribution in [1.29, 1.82) is 0 Å². The largest absolute Gasteiger partial charge is 0.281 e. The van der Waals surface area contributed by atoms with Gasteiger partial charge >= 0.3 is 0 Å². The minimum Gasteiger partial charge on any atom is -0.281 e. The molecule has 0 radical (unpaired) electrons. The molecule has 3 heteroatoms. The van der Waals surface area contributed by atoms with Crippen LogP contribution in [0.5, 0.6) is 0 Å². The molecule has 22 heavy (non-hydrogen) atoms. The summed E-state index contributed by atoms with van der Waals surface area (Å²) >= 11 is 6.31. The van der Waals surface area contributed by atoms with Gasteiger partial charge in [-0.25, -0.2) is 0 Å². The third-order valence-electron chi connectivity index (χ3n) is 3.53. The van der Waals surface area contributed by atoms with E-state index in [1.54, 1.807) is 10.6 Å². The van der Waals surface area contributed by atoms with Gasteiger partial charge in [0.05, 0.1) is 5.56 Å². The van der Waals surface area contributed by atoms with E-state index in [9.17, 15) is 4.79 Å². The highest BCUT2D eigenvalue weighted by molar-refractivity contribution is 6.48. The van der Waals surface area contributed by atoms with Gasteiger partial charge < -0.3 is 0 Å². The van der Waals surface area contributed by atoms with Crippen LogP contribution in [0.3, 0.4) is 0 Å². The van der Waals surface area contributed by atoms with Gasteiger partial charge in [-0.05, 0) is 44.0 Å². The minimum atomic E-state index is -0.0817. The molecule has 0 aliphatic heterocycles. The molecule has 0 spiro atoms. The summed E-state index contributed by atoms with van der Waals surface area (Å²) in [5.41, 5.74) is 3.15. The first-order chi connectivity index (χ1) is 10.6. The molecule has 0 bridgehead atoms. The summed E-state index contributed by atoms with van der Waals surface area (Å²) in [6.45, 7) is 5.81. The van der Waals surface area contributed by atoms with E-state index in [1.807, 2.05) is 69.3 Å². The maximum Gasteiger partial charge on any atom is 0.264 e. The van der Waals surface area contributed by atoms with Crippen molar-refractivity contribution >= 4 is 22.7 Å². The Balaban J connectivity index is 2.88. The van der Waals surface area contributed by atoms with Crippen LogP contribution in [0.1, 0.15) is 37.6 Å². The van der Waals surface area contributed by atoms with Gasteiger partial charge in [-0.15, -0.1) is 0 Å². The van der Waals surface area contributed by atoms with Crippen LogP contribution in [0.2, 0.25) is 0 Å². The van der Waals surface area contributed by atoms with Gasteiger partial charge in [-0.3, -0.25) is 9.36 Å². The summed E-state index contributed by atoms with van der Waals surface area (Å²) in [6, 6.07) is 11.7. The summed E-state index contributed by atoms with van der Waals surface area (Å²) in [4.78, 5) is 13.0. The molecule has 0 fully saturated rings. The molecule has 0 aliphatic rings. The Bertz CT molecular complexity index is 770. The number of aromatic nitrogens is 1. The first-order valence-corrected chi connectivity index (χ1v) is 7.81. The molecule has 0 atom stereocenters. The molecule has 0 amide bonds. The number of allylic oxidation sites excluding steroid dienone is 2. The van der Waals surface area contributed by atoms with Crippen LogP contribution >= 0.6 is 11.6 Å². The molecule has 1 aromatic carbocycles. The molecular formula is C19H20ClNO. The second-order valence-electron chi connectivity index (χ2n) is 4.93. The van der Waals surface area contributed by atoms with E-state index < -0.39 is 0 Å². The first-order valence-electron chi connectivity index (χ1n) is 7.43. The fourth-order valence-electron chi connectivity index (χ4n) is 2.50. The summed E-state index contributed by atoms with van der Waals surface area (Å²) in [5, 5.41) is 0.477. The van der Waals surface area contributed by atoms with Crippen LogP contribution in [0.25, 0.3) is 16.8 Å². The Morgan fingerprint density at radius 2 is 1.91 bits per heavy atom. The van der Waals surface area contributed by atoms with Gasteiger partial charge in [0.2, 0.25) is 0 Å². The van der Waals surface area contributed by atoms with Crippen LogP contribution < -0.4 is 5.56 Å². The molecule has 1 heterocycles. The van der Waals surface area contributed by atoms with Crippen LogP contribution in [0.15, 0.2) is 53.3 Å². The van der Waals surface area contributed by atoms with Crippen LogP contribution in [-0.4, -0.2) is 4.57 Å². The zero-order valence-corrected chi connectivity index (χ0v) is 13.9. The van der Waals surface area contributed by atoms with Gasteiger partial charge in [0.15, 0.2) is 0 Å². The lowest BCUT2D eigenvalue weighted by molar-refractivity contribution is 0.871. The van der Waals surface area contributed by atoms with Gasteiger partial charge in [0.1, 0.15) is 0 Å². The van der Waals surface area contributed by atoms with Crippen LogP contribution in [0, 0.1) is 0 Å². The fraction of sp³-hybridized carbons (Fsp3) is 0.211. The van der Waals surface area contributed by atoms with Gasteiger partial charge in [0, 0.05) is 16.4 Å². The molecule has 0 unspecified atom stereocenters. The number of nitrogens with zero attached hydrogens (tertiary/aromatic N) is 1. The van der Waals surface area contributed by atoms with Crippen molar-refractivity contribution in [2.45, 2.75) is 27.2 Å². The second kappa shape index (κ2) is 7.28. The Labute approximate surface area is 136 Å². The van der Waals surface area contributed by atoms with Crippen molar-refractivity contribution in [3.8, 4) is 5.69 Å². The summed E-state index contributed by atoms with van der Waals surface area (Å²) < 4.78 is 1.74. The molecule has 0 N–H and O–H groups in total. The molecule has 1 aromatic heterocycles. The number of halogens is 1. The lowest BCUT2D eigenvalue weighted by Crippen LogP contribution is -2.25. The highest BCUT2D eigenvalue weighted by atomic mass is 35.5. The summed E-state index contributed by atoms with van der Waals surface area (Å²) in [5.74, 6) is 0. The molecular weight excluding hydrogens is 294 g/mol. The Kier molecular flexibility index (Phi) is 5.40. The molecule has 2 nitrogen and oxygen atoms in total. The van der Waals surface area contributed by atoms with Gasteiger partial charge in [0.25, 0.3) is 5.56 Å². The molecule has 2 rings (SSSR count). The second-order valence-corrected chi connectivity index (χ2v) is 5.34. The normalized spacial score (nSPS) is 12.1. The number of rotatable bonds is 4. The van der Waals surface area contributed by atoms with Crippen molar-refractivity contribution in [2.75, 3.05) is 0 Å². The van der Waals surface area contributed by atoms with E-state index in [2.05, 4.69) is 0 Å². The highest BCUT2D eigenvalue weighted by Gasteiger charge is 2.15. The van der Waals surface area contributed by atoms with Crippen molar-refractivity contribution in [3.05, 3.63) is 75.7 Å². The molecule has 2 aromatic rings. The molecule has 0 saturated carbocycles. The zero-order valence-electron chi connectivity index (χ0n) is 13.1. The van der Waals surface area contributed by atoms with Crippen molar-refractivity contribution in [1.82, 2.24) is 4.57 Å². The minimum absolute atomic E-state index is 0.0817. The van der Waals surface area contributed by atoms with Crippen molar-refractivity contribution in [3.63, 3.8) is 0 Å². The van der Waals surface area contributed by atoms with E-state index >= 15 is 0 Å². The number of hydrogen-bond acceptors (Lipinski definition) is 1. The monoisotopic (exact) mass is 313 g/mol. The van der Waals surface area contributed by atoms with E-state index in [-0.39, 0.29) is 5.56 Å². The summed E-state index contributed by atoms with van der Waals surface area (Å²) in [7, 11) is 0. The molecule has 0 saturated heterocycles. The van der Waals surface area contributed by atoms with E-state index in [0.717, 1.165) is 23.4 Å². The van der Waals surface area contributed by atoms with Gasteiger partial charge in [-0.2, -0.15) is 0 Å². The number of para-hydroxylation sites is 1. The molecule has 114 valence electrons. The van der Waals surface area contributed by atoms with E-state index in [1.165, 1.54) is 0 Å². The lowest BCUT2D eigenvalue weighted by Gasteiger charge is -2.16. The third kappa shape index (κ3) is 3.07. The quantitative estimate of drug-likeness (QED) is 0.775. The van der Waals surface area contributed by atoms with Crippen LogP contribution in [0.4, 0.5) is 0 Å². The number of aryl methyl sites for hydroxylation is 1. The maximum absolute atomic E-state index is 13.0. The third-order valence-corrected chi connectivity index (χ3v) is 3.94. The number of hydrogen-bond donors (Lipinski definition) is 0. The SMILES string of the molecule is C/C=C\c1cc(CC)n(-c2ccccc2)c(=O)c1/C(Cl)=C\C. The first kappa shape index (κ1) is 16.3. The highest BCUT2D eigenvalue weighted by Crippen LogP contribution is 2.23. The zero-order chi connectivity index (χ0) is 16.1. The molecule has 0 aliphatic carbocycles. The fourth-order valence-corrected chi connectivity index (χ4v) is 2.69. The predicted molar refractivity (Wildman–Crippen MR) is 95.6 cm³/mol. The topological polar surface area (TPSA) is 22.0 Å². The average molecular weight is 314 g/mol. The van der Waals surface area contributed by atoms with Crippen molar-refractivity contribution in [2.24, 2.45) is 0 Å². The summed E-state index contributed by atoms with van der Waals surface area (Å²) in [6.07, 6.45) is 6.37. The Hall–Kier alpha value is -2.06. The maximum atomic E-state index is 13.0. The number of benzene rings is 1. The van der Waals surface area contributed by atoms with Gasteiger partial charge in [-0.1, -0.05) is 55.0 Å². The van der Waals surface area contributed by atoms with E-state index in [4.69, 9.17) is 11.6 Å². The smallest absolute Gasteiger partial charge is 0.264 e. The predicted octanol–water partition coefficient (Wildman–Crippen LogP) is 5.03.